The van der Waals surface area contributed by atoms with Crippen LogP contribution in [0.25, 0.3) is 0 Å². The van der Waals surface area contributed by atoms with Gasteiger partial charge >= 0.3 is 0 Å². The summed E-state index contributed by atoms with van der Waals surface area (Å²) in [5.74, 6) is 0.105. The number of hydrogen-bond acceptors (Lipinski definition) is 4. The number of halogens is 1. The molecule has 176 valence electrons. The summed E-state index contributed by atoms with van der Waals surface area (Å²) >= 11 is 5.86. The van der Waals surface area contributed by atoms with E-state index in [9.17, 15) is 14.4 Å². The quantitative estimate of drug-likeness (QED) is 0.544. The number of hydrogen-bond donors (Lipinski definition) is 0. The van der Waals surface area contributed by atoms with Gasteiger partial charge in [-0.05, 0) is 48.9 Å². The van der Waals surface area contributed by atoms with Crippen LogP contribution >= 0.6 is 11.6 Å². The number of amides is 2. The SMILES string of the molecule is Cc1cccc(Cn2cccc(C(=O)N3CCN(C(=O)COc4ccc(Cl)cc4)CC3)c2=O)c1. The Hall–Kier alpha value is -3.58. The van der Waals surface area contributed by atoms with E-state index in [0.29, 0.717) is 43.5 Å². The number of nitrogens with zero attached hydrogens (tertiary/aromatic N) is 3. The Kier molecular flexibility index (Phi) is 7.33. The second kappa shape index (κ2) is 10.6. The van der Waals surface area contributed by atoms with Crippen molar-refractivity contribution in [3.63, 3.8) is 0 Å². The van der Waals surface area contributed by atoms with Crippen LogP contribution in [0.4, 0.5) is 0 Å². The summed E-state index contributed by atoms with van der Waals surface area (Å²) in [4.78, 5) is 41.8. The molecule has 34 heavy (non-hydrogen) atoms. The lowest BCUT2D eigenvalue weighted by Crippen LogP contribution is -2.52. The van der Waals surface area contributed by atoms with Crippen molar-refractivity contribution >= 4 is 23.4 Å². The molecule has 0 saturated carbocycles. The molecule has 2 amide bonds. The topological polar surface area (TPSA) is 71.8 Å². The van der Waals surface area contributed by atoms with Crippen LogP contribution in [-0.4, -0.2) is 59.0 Å². The van der Waals surface area contributed by atoms with Gasteiger partial charge in [-0.3, -0.25) is 14.4 Å². The smallest absolute Gasteiger partial charge is 0.263 e. The maximum Gasteiger partial charge on any atom is 0.263 e. The van der Waals surface area contributed by atoms with Crippen molar-refractivity contribution in [1.82, 2.24) is 14.4 Å². The molecule has 0 radical (unpaired) electrons. The van der Waals surface area contributed by atoms with E-state index in [1.165, 1.54) is 0 Å². The number of carbonyl (C=O) groups excluding carboxylic acids is 2. The number of pyridine rings is 1. The minimum Gasteiger partial charge on any atom is -0.484 e. The molecular formula is C26H26ClN3O4. The summed E-state index contributed by atoms with van der Waals surface area (Å²) in [6.45, 7) is 3.81. The maximum absolute atomic E-state index is 13.1. The molecule has 0 bridgehead atoms. The lowest BCUT2D eigenvalue weighted by Gasteiger charge is -2.34. The van der Waals surface area contributed by atoms with E-state index in [2.05, 4.69) is 0 Å². The summed E-state index contributed by atoms with van der Waals surface area (Å²) in [5.41, 5.74) is 1.94. The fraction of sp³-hybridized carbons (Fsp3) is 0.269. The van der Waals surface area contributed by atoms with E-state index in [-0.39, 0.29) is 29.5 Å². The van der Waals surface area contributed by atoms with Gasteiger partial charge in [0, 0.05) is 37.4 Å². The largest absolute Gasteiger partial charge is 0.484 e. The van der Waals surface area contributed by atoms with Gasteiger partial charge in [0.25, 0.3) is 17.4 Å². The molecule has 1 saturated heterocycles. The van der Waals surface area contributed by atoms with E-state index in [0.717, 1.165) is 11.1 Å². The first-order chi connectivity index (χ1) is 16.4. The van der Waals surface area contributed by atoms with Gasteiger partial charge in [0.1, 0.15) is 11.3 Å². The Labute approximate surface area is 203 Å². The zero-order valence-electron chi connectivity index (χ0n) is 18.9. The average molecular weight is 480 g/mol. The van der Waals surface area contributed by atoms with Crippen LogP contribution in [0, 0.1) is 6.92 Å². The van der Waals surface area contributed by atoms with Crippen molar-refractivity contribution in [2.24, 2.45) is 0 Å². The molecule has 0 atom stereocenters. The highest BCUT2D eigenvalue weighted by atomic mass is 35.5. The second-order valence-electron chi connectivity index (χ2n) is 8.26. The van der Waals surface area contributed by atoms with Crippen molar-refractivity contribution in [3.05, 3.63) is 98.9 Å². The molecule has 1 aliphatic heterocycles. The van der Waals surface area contributed by atoms with E-state index in [1.807, 2.05) is 31.2 Å². The maximum atomic E-state index is 13.1. The van der Waals surface area contributed by atoms with Crippen molar-refractivity contribution < 1.29 is 14.3 Å². The Morgan fingerprint density at radius 2 is 1.65 bits per heavy atom. The molecule has 3 aromatic rings. The molecule has 8 heteroatoms. The Bertz CT molecular complexity index is 1230. The fourth-order valence-corrected chi connectivity index (χ4v) is 4.05. The minimum absolute atomic E-state index is 0.0854. The van der Waals surface area contributed by atoms with Gasteiger partial charge in [0.2, 0.25) is 0 Å². The Morgan fingerprint density at radius 1 is 0.941 bits per heavy atom. The summed E-state index contributed by atoms with van der Waals surface area (Å²) in [6.07, 6.45) is 1.69. The number of aromatic nitrogens is 1. The van der Waals surface area contributed by atoms with Crippen LogP contribution in [0.5, 0.6) is 5.75 Å². The molecule has 0 aliphatic carbocycles. The summed E-state index contributed by atoms with van der Waals surface area (Å²) in [7, 11) is 0. The highest BCUT2D eigenvalue weighted by Crippen LogP contribution is 2.16. The highest BCUT2D eigenvalue weighted by Gasteiger charge is 2.26. The van der Waals surface area contributed by atoms with Gasteiger partial charge in [-0.25, -0.2) is 0 Å². The van der Waals surface area contributed by atoms with Crippen LogP contribution in [0.15, 0.2) is 71.7 Å². The first-order valence-corrected chi connectivity index (χ1v) is 11.5. The zero-order valence-corrected chi connectivity index (χ0v) is 19.7. The number of carbonyl (C=O) groups is 2. The first kappa shape index (κ1) is 23.6. The molecule has 1 fully saturated rings. The van der Waals surface area contributed by atoms with E-state index in [4.69, 9.17) is 16.3 Å². The van der Waals surface area contributed by atoms with Gasteiger partial charge in [0.05, 0.1) is 6.54 Å². The van der Waals surface area contributed by atoms with Crippen LogP contribution in [0.1, 0.15) is 21.5 Å². The van der Waals surface area contributed by atoms with Gasteiger partial charge in [-0.2, -0.15) is 0 Å². The van der Waals surface area contributed by atoms with Crippen LogP contribution in [0.2, 0.25) is 5.02 Å². The molecule has 4 rings (SSSR count). The number of rotatable bonds is 6. The molecule has 0 spiro atoms. The number of benzene rings is 2. The molecule has 1 aliphatic rings. The third-order valence-electron chi connectivity index (χ3n) is 5.78. The van der Waals surface area contributed by atoms with Crippen LogP contribution in [0.3, 0.4) is 0 Å². The van der Waals surface area contributed by atoms with Crippen molar-refractivity contribution in [2.75, 3.05) is 32.8 Å². The third kappa shape index (κ3) is 5.66. The van der Waals surface area contributed by atoms with Gasteiger partial charge < -0.3 is 19.1 Å². The van der Waals surface area contributed by atoms with Crippen molar-refractivity contribution in [1.29, 1.82) is 0 Å². The van der Waals surface area contributed by atoms with E-state index < -0.39 is 0 Å². The number of piperazine rings is 1. The highest BCUT2D eigenvalue weighted by molar-refractivity contribution is 6.30. The van der Waals surface area contributed by atoms with E-state index >= 15 is 0 Å². The molecule has 0 unspecified atom stereocenters. The first-order valence-electron chi connectivity index (χ1n) is 11.1. The number of ether oxygens (including phenoxy) is 1. The monoisotopic (exact) mass is 479 g/mol. The Balaban J connectivity index is 1.34. The van der Waals surface area contributed by atoms with Gasteiger partial charge in [-0.1, -0.05) is 41.4 Å². The average Bonchev–Trinajstić information content (AvgIpc) is 2.84. The number of aryl methyl sites for hydroxylation is 1. The van der Waals surface area contributed by atoms with Crippen LogP contribution < -0.4 is 10.3 Å². The standard InChI is InChI=1S/C26H26ClN3O4/c1-19-4-2-5-20(16-19)17-30-11-3-6-23(26(30)33)25(32)29-14-12-28(13-15-29)24(31)18-34-22-9-7-21(27)8-10-22/h2-11,16H,12-15,17-18H2,1H3. The normalized spacial score (nSPS) is 13.6. The summed E-state index contributed by atoms with van der Waals surface area (Å²) in [6, 6.07) is 18.0. The van der Waals surface area contributed by atoms with Crippen molar-refractivity contribution in [2.45, 2.75) is 13.5 Å². The zero-order chi connectivity index (χ0) is 24.1. The van der Waals surface area contributed by atoms with E-state index in [1.54, 1.807) is 57.0 Å². The van der Waals surface area contributed by atoms with Gasteiger partial charge in [-0.15, -0.1) is 0 Å². The summed E-state index contributed by atoms with van der Waals surface area (Å²) < 4.78 is 7.08. The second-order valence-corrected chi connectivity index (χ2v) is 8.70. The molecule has 2 aromatic carbocycles. The Morgan fingerprint density at radius 3 is 2.35 bits per heavy atom. The fourth-order valence-electron chi connectivity index (χ4n) is 3.93. The minimum atomic E-state index is -0.316. The molecular weight excluding hydrogens is 454 g/mol. The van der Waals surface area contributed by atoms with Gasteiger partial charge in [0.15, 0.2) is 6.61 Å². The molecule has 0 N–H and O–H groups in total. The van der Waals surface area contributed by atoms with Crippen LogP contribution in [-0.2, 0) is 11.3 Å². The lowest BCUT2D eigenvalue weighted by atomic mass is 10.1. The predicted octanol–water partition coefficient (Wildman–Crippen LogP) is 3.22. The molecule has 7 nitrogen and oxygen atoms in total. The molecule has 1 aromatic heterocycles. The third-order valence-corrected chi connectivity index (χ3v) is 6.03. The predicted molar refractivity (Wildman–Crippen MR) is 130 cm³/mol. The molecule has 2 heterocycles. The lowest BCUT2D eigenvalue weighted by molar-refractivity contribution is -0.134. The summed E-state index contributed by atoms with van der Waals surface area (Å²) in [5, 5.41) is 0.597. The van der Waals surface area contributed by atoms with Crippen molar-refractivity contribution in [3.8, 4) is 5.75 Å².